The van der Waals surface area contributed by atoms with Crippen LogP contribution in [0, 0.1) is 18.3 Å². The van der Waals surface area contributed by atoms with Crippen molar-refractivity contribution in [2.24, 2.45) is 5.10 Å². The van der Waals surface area contributed by atoms with E-state index >= 15 is 0 Å². The third-order valence-corrected chi connectivity index (χ3v) is 7.83. The molecule has 34 heavy (non-hydrogen) atoms. The van der Waals surface area contributed by atoms with Gasteiger partial charge in [0.25, 0.3) is 5.91 Å². The standard InChI is InChI=1S/C27H30ClN5O/c1-16-12-23(19-4-3-5-19)24(26-30-17(2)31-32-26)14-22(16)27(34)33-10-8-18(9-11-33)20-6-7-21(15-29)25(28)13-20/h6-7,12-14,17-19,31H,3-5,8-11H2,1-2H3,(H,30,32). The fourth-order valence-corrected chi connectivity index (χ4v) is 5.49. The Balaban J connectivity index is 1.35. The molecule has 2 aromatic rings. The zero-order chi connectivity index (χ0) is 23.8. The van der Waals surface area contributed by atoms with E-state index in [9.17, 15) is 4.79 Å². The van der Waals surface area contributed by atoms with Crippen LogP contribution in [0.1, 0.15) is 89.0 Å². The first-order valence-electron chi connectivity index (χ1n) is 12.2. The number of piperidine rings is 1. The summed E-state index contributed by atoms with van der Waals surface area (Å²) >= 11 is 6.25. The van der Waals surface area contributed by atoms with Gasteiger partial charge < -0.3 is 10.2 Å². The number of amidine groups is 1. The van der Waals surface area contributed by atoms with E-state index in [1.807, 2.05) is 24.0 Å². The number of amides is 1. The molecule has 2 N–H and O–H groups in total. The molecule has 0 spiro atoms. The molecule has 5 rings (SSSR count). The van der Waals surface area contributed by atoms with Crippen molar-refractivity contribution in [2.45, 2.75) is 64.0 Å². The summed E-state index contributed by atoms with van der Waals surface area (Å²) in [5.41, 5.74) is 8.89. The molecule has 0 bridgehead atoms. The van der Waals surface area contributed by atoms with Crippen LogP contribution < -0.4 is 10.7 Å². The Morgan fingerprint density at radius 2 is 1.91 bits per heavy atom. The van der Waals surface area contributed by atoms with Crippen LogP contribution in [0.5, 0.6) is 0 Å². The van der Waals surface area contributed by atoms with Crippen LogP contribution >= 0.6 is 11.6 Å². The number of aryl methyl sites for hydroxylation is 1. The molecule has 2 fully saturated rings. The molecule has 2 heterocycles. The zero-order valence-electron chi connectivity index (χ0n) is 19.7. The van der Waals surface area contributed by atoms with Gasteiger partial charge in [0.1, 0.15) is 12.2 Å². The van der Waals surface area contributed by atoms with Crippen molar-refractivity contribution in [1.82, 2.24) is 15.6 Å². The minimum atomic E-state index is 0.0828. The van der Waals surface area contributed by atoms with E-state index in [1.54, 1.807) is 6.07 Å². The van der Waals surface area contributed by atoms with Gasteiger partial charge >= 0.3 is 0 Å². The summed E-state index contributed by atoms with van der Waals surface area (Å²) in [5, 5.41) is 17.5. The molecule has 1 atom stereocenters. The highest BCUT2D eigenvalue weighted by molar-refractivity contribution is 6.31. The Labute approximate surface area is 206 Å². The lowest BCUT2D eigenvalue weighted by atomic mass is 9.77. The van der Waals surface area contributed by atoms with Gasteiger partial charge in [-0.3, -0.25) is 10.2 Å². The number of hydrogen-bond donors (Lipinski definition) is 2. The van der Waals surface area contributed by atoms with E-state index < -0.39 is 0 Å². The van der Waals surface area contributed by atoms with E-state index in [1.165, 1.54) is 24.8 Å². The fraction of sp³-hybridized carbons (Fsp3) is 0.444. The maximum Gasteiger partial charge on any atom is 0.254 e. The number of nitrogens with one attached hydrogen (secondary N) is 2. The molecule has 2 aliphatic heterocycles. The second-order valence-electron chi connectivity index (χ2n) is 9.76. The summed E-state index contributed by atoms with van der Waals surface area (Å²) in [6.45, 7) is 5.50. The van der Waals surface area contributed by atoms with Crippen molar-refractivity contribution in [3.63, 3.8) is 0 Å². The van der Waals surface area contributed by atoms with Crippen molar-refractivity contribution in [1.29, 1.82) is 5.26 Å². The molecule has 2 aromatic carbocycles. The van der Waals surface area contributed by atoms with Gasteiger partial charge in [-0.05, 0) is 86.3 Å². The fourth-order valence-electron chi connectivity index (χ4n) is 5.25. The molecular weight excluding hydrogens is 446 g/mol. The van der Waals surface area contributed by atoms with E-state index in [0.29, 0.717) is 35.5 Å². The van der Waals surface area contributed by atoms with Crippen molar-refractivity contribution < 1.29 is 4.79 Å². The Hall–Kier alpha value is -3.04. The lowest BCUT2D eigenvalue weighted by Crippen LogP contribution is -2.38. The molecule has 1 unspecified atom stereocenters. The predicted octanol–water partition coefficient (Wildman–Crippen LogP) is 5.01. The number of carbonyl (C=O) groups is 1. The van der Waals surface area contributed by atoms with Crippen LogP contribution in [-0.4, -0.2) is 35.9 Å². The van der Waals surface area contributed by atoms with Gasteiger partial charge in [-0.15, -0.1) is 0 Å². The number of nitrogens with zero attached hydrogens (tertiary/aromatic N) is 3. The average molecular weight is 476 g/mol. The van der Waals surface area contributed by atoms with Crippen LogP contribution in [0.25, 0.3) is 0 Å². The van der Waals surface area contributed by atoms with Crippen LogP contribution in [-0.2, 0) is 0 Å². The maximum absolute atomic E-state index is 13.6. The zero-order valence-corrected chi connectivity index (χ0v) is 20.5. The van der Waals surface area contributed by atoms with Gasteiger partial charge in [-0.1, -0.05) is 30.2 Å². The topological polar surface area (TPSA) is 80.5 Å². The van der Waals surface area contributed by atoms with E-state index in [2.05, 4.69) is 41.0 Å². The molecule has 176 valence electrons. The normalized spacial score (nSPS) is 20.7. The summed E-state index contributed by atoms with van der Waals surface area (Å²) in [6, 6.07) is 12.1. The molecule has 1 aliphatic carbocycles. The number of halogens is 1. The first kappa shape index (κ1) is 22.7. The summed E-state index contributed by atoms with van der Waals surface area (Å²) in [6.07, 6.45) is 5.51. The third kappa shape index (κ3) is 4.25. The molecular formula is C27H30ClN5O. The summed E-state index contributed by atoms with van der Waals surface area (Å²) in [4.78, 5) is 15.6. The minimum absolute atomic E-state index is 0.0828. The Bertz CT molecular complexity index is 1190. The van der Waals surface area contributed by atoms with Gasteiger partial charge in [0, 0.05) is 24.2 Å². The first-order valence-corrected chi connectivity index (χ1v) is 12.6. The molecule has 7 heteroatoms. The lowest BCUT2D eigenvalue weighted by molar-refractivity contribution is 0.0712. The molecule has 6 nitrogen and oxygen atoms in total. The number of nitriles is 1. The van der Waals surface area contributed by atoms with Crippen molar-refractivity contribution in [3.8, 4) is 6.07 Å². The van der Waals surface area contributed by atoms with E-state index in [-0.39, 0.29) is 12.1 Å². The molecule has 3 aliphatic rings. The second kappa shape index (κ2) is 9.31. The van der Waals surface area contributed by atoms with Crippen molar-refractivity contribution >= 4 is 23.3 Å². The Morgan fingerprint density at radius 1 is 1.15 bits per heavy atom. The highest BCUT2D eigenvalue weighted by Crippen LogP contribution is 2.39. The summed E-state index contributed by atoms with van der Waals surface area (Å²) in [7, 11) is 0. The quantitative estimate of drug-likeness (QED) is 0.651. The van der Waals surface area contributed by atoms with Gasteiger partial charge in [0.15, 0.2) is 5.84 Å². The SMILES string of the molecule is Cc1cc(C2CCC2)c(C2=NNC(C)N2)cc1C(=O)N1CCC(c2ccc(C#N)c(Cl)c2)CC1. The lowest BCUT2D eigenvalue weighted by Gasteiger charge is -2.33. The summed E-state index contributed by atoms with van der Waals surface area (Å²) < 4.78 is 0. The minimum Gasteiger partial charge on any atom is -0.347 e. The number of hydrogen-bond acceptors (Lipinski definition) is 5. The van der Waals surface area contributed by atoms with E-state index in [4.69, 9.17) is 16.9 Å². The number of benzene rings is 2. The monoisotopic (exact) mass is 475 g/mol. The highest BCUT2D eigenvalue weighted by atomic mass is 35.5. The molecule has 0 radical (unpaired) electrons. The third-order valence-electron chi connectivity index (χ3n) is 7.52. The molecule has 1 saturated carbocycles. The first-order chi connectivity index (χ1) is 16.4. The van der Waals surface area contributed by atoms with Crippen LogP contribution in [0.2, 0.25) is 5.02 Å². The van der Waals surface area contributed by atoms with Crippen LogP contribution in [0.3, 0.4) is 0 Å². The summed E-state index contributed by atoms with van der Waals surface area (Å²) in [5.74, 6) is 1.82. The number of likely N-dealkylation sites (tertiary alicyclic amines) is 1. The number of rotatable bonds is 4. The largest absolute Gasteiger partial charge is 0.347 e. The van der Waals surface area contributed by atoms with Crippen molar-refractivity contribution in [2.75, 3.05) is 13.1 Å². The average Bonchev–Trinajstić information content (AvgIpc) is 3.24. The van der Waals surface area contributed by atoms with Gasteiger partial charge in [-0.2, -0.15) is 10.4 Å². The predicted molar refractivity (Wildman–Crippen MR) is 134 cm³/mol. The number of carbonyl (C=O) groups excluding carboxylic acids is 1. The van der Waals surface area contributed by atoms with Crippen molar-refractivity contribution in [3.05, 3.63) is 68.7 Å². The smallest absolute Gasteiger partial charge is 0.254 e. The Kier molecular flexibility index (Phi) is 6.22. The Morgan fingerprint density at radius 3 is 2.50 bits per heavy atom. The molecule has 0 aromatic heterocycles. The molecule has 1 amide bonds. The van der Waals surface area contributed by atoms with Crippen LogP contribution in [0.15, 0.2) is 35.4 Å². The van der Waals surface area contributed by atoms with E-state index in [0.717, 1.165) is 40.9 Å². The molecule has 1 saturated heterocycles. The van der Waals surface area contributed by atoms with Gasteiger partial charge in [-0.25, -0.2) is 0 Å². The second-order valence-corrected chi connectivity index (χ2v) is 10.2. The van der Waals surface area contributed by atoms with Gasteiger partial charge in [0.05, 0.1) is 10.6 Å². The number of hydrazone groups is 1. The van der Waals surface area contributed by atoms with Crippen LogP contribution in [0.4, 0.5) is 0 Å². The maximum atomic E-state index is 13.6. The highest BCUT2D eigenvalue weighted by Gasteiger charge is 2.30. The van der Waals surface area contributed by atoms with Gasteiger partial charge in [0.2, 0.25) is 0 Å².